The van der Waals surface area contributed by atoms with Gasteiger partial charge in [0.2, 0.25) is 5.91 Å². The molecule has 2 heterocycles. The van der Waals surface area contributed by atoms with Crippen LogP contribution in [0.2, 0.25) is 0 Å². The lowest BCUT2D eigenvalue weighted by atomic mass is 10.1. The summed E-state index contributed by atoms with van der Waals surface area (Å²) >= 11 is 0. The summed E-state index contributed by atoms with van der Waals surface area (Å²) in [6.45, 7) is 2.76. The van der Waals surface area contributed by atoms with Crippen molar-refractivity contribution in [2.24, 2.45) is 0 Å². The van der Waals surface area contributed by atoms with Crippen molar-refractivity contribution in [2.45, 2.75) is 6.42 Å². The number of amides is 3. The van der Waals surface area contributed by atoms with E-state index in [9.17, 15) is 14.4 Å². The van der Waals surface area contributed by atoms with Gasteiger partial charge in [0, 0.05) is 31.7 Å². The van der Waals surface area contributed by atoms with E-state index in [1.165, 1.54) is 4.90 Å². The molecule has 0 spiro atoms. The minimum absolute atomic E-state index is 0.0163. The predicted octanol–water partition coefficient (Wildman–Crippen LogP) is 0.685. The Bertz CT molecular complexity index is 741. The maximum Gasteiger partial charge on any atom is 0.410 e. The molecule has 0 aromatic heterocycles. The van der Waals surface area contributed by atoms with Gasteiger partial charge in [0.05, 0.1) is 18.2 Å². The van der Waals surface area contributed by atoms with Gasteiger partial charge in [-0.15, -0.1) is 0 Å². The van der Waals surface area contributed by atoms with Crippen LogP contribution in [0, 0.1) is 11.3 Å². The van der Waals surface area contributed by atoms with Crippen LogP contribution in [-0.4, -0.2) is 78.5 Å². The molecule has 26 heavy (non-hydrogen) atoms. The Morgan fingerprint density at radius 1 is 1.04 bits per heavy atom. The lowest BCUT2D eigenvalue weighted by Crippen LogP contribution is -2.42. The second-order valence-corrected chi connectivity index (χ2v) is 6.25. The molecule has 0 bridgehead atoms. The molecule has 0 N–H and O–H groups in total. The fourth-order valence-electron chi connectivity index (χ4n) is 3.07. The highest BCUT2D eigenvalue weighted by molar-refractivity contribution is 5.94. The summed E-state index contributed by atoms with van der Waals surface area (Å²) < 4.78 is 4.84. The molecular formula is C18H20N4O4. The monoisotopic (exact) mass is 356 g/mol. The smallest absolute Gasteiger partial charge is 0.410 e. The maximum atomic E-state index is 12.6. The Hall–Kier alpha value is -3.08. The first kappa shape index (κ1) is 17.7. The molecule has 8 heteroatoms. The molecule has 2 fully saturated rings. The number of benzene rings is 1. The van der Waals surface area contributed by atoms with Gasteiger partial charge in [0.1, 0.15) is 13.2 Å². The van der Waals surface area contributed by atoms with Gasteiger partial charge in [0.25, 0.3) is 5.91 Å². The minimum Gasteiger partial charge on any atom is -0.448 e. The van der Waals surface area contributed by atoms with E-state index in [4.69, 9.17) is 10.00 Å². The standard InChI is InChI=1S/C18H20N4O4/c19-12-14-2-4-15(5-3-14)17(24)21-7-1-6-20(8-9-21)16(23)13-22-10-11-26-18(22)25/h2-5H,1,6-11,13H2. The van der Waals surface area contributed by atoms with Crippen LogP contribution in [0.5, 0.6) is 0 Å². The Balaban J connectivity index is 1.57. The Morgan fingerprint density at radius 3 is 2.38 bits per heavy atom. The van der Waals surface area contributed by atoms with Crippen LogP contribution in [0.1, 0.15) is 22.3 Å². The average molecular weight is 356 g/mol. The van der Waals surface area contributed by atoms with Crippen molar-refractivity contribution < 1.29 is 19.1 Å². The van der Waals surface area contributed by atoms with Crippen LogP contribution in [0.15, 0.2) is 24.3 Å². The van der Waals surface area contributed by atoms with Crippen molar-refractivity contribution >= 4 is 17.9 Å². The zero-order valence-corrected chi connectivity index (χ0v) is 14.4. The topological polar surface area (TPSA) is 93.9 Å². The number of cyclic esters (lactones) is 1. The quantitative estimate of drug-likeness (QED) is 0.794. The third-order valence-electron chi connectivity index (χ3n) is 4.57. The lowest BCUT2D eigenvalue weighted by molar-refractivity contribution is -0.131. The van der Waals surface area contributed by atoms with Crippen LogP contribution in [0.3, 0.4) is 0 Å². The summed E-state index contributed by atoms with van der Waals surface area (Å²) in [6, 6.07) is 8.56. The maximum absolute atomic E-state index is 12.6. The second-order valence-electron chi connectivity index (χ2n) is 6.25. The summed E-state index contributed by atoms with van der Waals surface area (Å²) in [5.74, 6) is -0.233. The van der Waals surface area contributed by atoms with Gasteiger partial charge in [-0.05, 0) is 30.7 Å². The Morgan fingerprint density at radius 2 is 1.73 bits per heavy atom. The molecule has 3 amide bonds. The van der Waals surface area contributed by atoms with Gasteiger partial charge in [-0.1, -0.05) is 0 Å². The van der Waals surface area contributed by atoms with Crippen LogP contribution in [0.25, 0.3) is 0 Å². The first-order valence-electron chi connectivity index (χ1n) is 8.57. The van der Waals surface area contributed by atoms with Gasteiger partial charge < -0.3 is 14.5 Å². The van der Waals surface area contributed by atoms with E-state index in [2.05, 4.69) is 0 Å². The number of rotatable bonds is 3. The third-order valence-corrected chi connectivity index (χ3v) is 4.57. The molecule has 2 aliphatic rings. The number of carbonyl (C=O) groups is 3. The molecule has 0 saturated carbocycles. The molecule has 3 rings (SSSR count). The zero-order chi connectivity index (χ0) is 18.5. The summed E-state index contributed by atoms with van der Waals surface area (Å²) in [4.78, 5) is 41.3. The van der Waals surface area contributed by atoms with E-state index in [1.807, 2.05) is 6.07 Å². The number of hydrogen-bond donors (Lipinski definition) is 0. The number of hydrogen-bond acceptors (Lipinski definition) is 5. The van der Waals surface area contributed by atoms with Crippen LogP contribution >= 0.6 is 0 Å². The highest BCUT2D eigenvalue weighted by Gasteiger charge is 2.28. The van der Waals surface area contributed by atoms with E-state index in [-0.39, 0.29) is 18.4 Å². The third kappa shape index (κ3) is 3.94. The molecule has 0 aliphatic carbocycles. The van der Waals surface area contributed by atoms with Crippen molar-refractivity contribution in [3.8, 4) is 6.07 Å². The average Bonchev–Trinajstić information content (AvgIpc) is 2.92. The molecule has 136 valence electrons. The molecule has 0 radical (unpaired) electrons. The molecule has 1 aromatic rings. The molecule has 0 atom stereocenters. The molecule has 0 unspecified atom stereocenters. The summed E-state index contributed by atoms with van der Waals surface area (Å²) in [5, 5.41) is 8.84. The van der Waals surface area contributed by atoms with Crippen molar-refractivity contribution in [1.29, 1.82) is 5.26 Å². The summed E-state index contributed by atoms with van der Waals surface area (Å²) in [5.41, 5.74) is 1.04. The van der Waals surface area contributed by atoms with Gasteiger partial charge in [0.15, 0.2) is 0 Å². The van der Waals surface area contributed by atoms with Crippen molar-refractivity contribution in [1.82, 2.24) is 14.7 Å². The number of ether oxygens (including phenoxy) is 1. The van der Waals surface area contributed by atoms with Crippen LogP contribution in [-0.2, 0) is 9.53 Å². The molecular weight excluding hydrogens is 336 g/mol. The van der Waals surface area contributed by atoms with E-state index >= 15 is 0 Å². The van der Waals surface area contributed by atoms with E-state index in [0.29, 0.717) is 56.9 Å². The molecule has 1 aromatic carbocycles. The molecule has 8 nitrogen and oxygen atoms in total. The van der Waals surface area contributed by atoms with E-state index in [1.54, 1.807) is 34.1 Å². The minimum atomic E-state index is -0.453. The van der Waals surface area contributed by atoms with Gasteiger partial charge >= 0.3 is 6.09 Å². The number of nitriles is 1. The normalized spacial score (nSPS) is 17.5. The number of nitrogens with zero attached hydrogens (tertiary/aromatic N) is 4. The first-order valence-corrected chi connectivity index (χ1v) is 8.57. The summed E-state index contributed by atoms with van der Waals surface area (Å²) in [7, 11) is 0. The fraction of sp³-hybridized carbons (Fsp3) is 0.444. The molecule has 2 saturated heterocycles. The fourth-order valence-corrected chi connectivity index (χ4v) is 3.07. The van der Waals surface area contributed by atoms with Gasteiger partial charge in [-0.2, -0.15) is 5.26 Å². The van der Waals surface area contributed by atoms with E-state index < -0.39 is 6.09 Å². The zero-order valence-electron chi connectivity index (χ0n) is 14.4. The largest absolute Gasteiger partial charge is 0.448 e. The molecule has 2 aliphatic heterocycles. The summed E-state index contributed by atoms with van der Waals surface area (Å²) in [6.07, 6.45) is 0.226. The highest BCUT2D eigenvalue weighted by Crippen LogP contribution is 2.12. The van der Waals surface area contributed by atoms with Crippen molar-refractivity contribution in [3.05, 3.63) is 35.4 Å². The second kappa shape index (κ2) is 7.87. The lowest BCUT2D eigenvalue weighted by Gasteiger charge is -2.23. The number of carbonyl (C=O) groups excluding carboxylic acids is 3. The van der Waals surface area contributed by atoms with Gasteiger partial charge in [-0.3, -0.25) is 14.5 Å². The van der Waals surface area contributed by atoms with Crippen LogP contribution in [0.4, 0.5) is 4.79 Å². The van der Waals surface area contributed by atoms with Crippen molar-refractivity contribution in [3.63, 3.8) is 0 Å². The van der Waals surface area contributed by atoms with Gasteiger partial charge in [-0.25, -0.2) is 4.79 Å². The van der Waals surface area contributed by atoms with E-state index in [0.717, 1.165) is 0 Å². The van der Waals surface area contributed by atoms with Crippen molar-refractivity contribution in [2.75, 3.05) is 45.9 Å². The SMILES string of the molecule is N#Cc1ccc(C(=O)N2CCCN(C(=O)CN3CCOC3=O)CC2)cc1. The predicted molar refractivity (Wildman–Crippen MR) is 91.2 cm³/mol. The Kier molecular flexibility index (Phi) is 5.37. The van der Waals surface area contributed by atoms with Crippen LogP contribution < -0.4 is 0 Å². The highest BCUT2D eigenvalue weighted by atomic mass is 16.6. The first-order chi connectivity index (χ1) is 12.6. The Labute approximate surface area is 151 Å².